The van der Waals surface area contributed by atoms with Gasteiger partial charge >= 0.3 is 0 Å². The van der Waals surface area contributed by atoms with Crippen molar-refractivity contribution in [3.05, 3.63) is 48.0 Å². The number of para-hydroxylation sites is 2. The number of anilines is 1. The number of nitrogens with zero attached hydrogens (tertiary/aromatic N) is 2. The molecule has 1 heterocycles. The molecule has 0 spiro atoms. The molecular weight excluding hydrogens is 362 g/mol. The zero-order valence-electron chi connectivity index (χ0n) is 16.1. The van der Waals surface area contributed by atoms with Crippen LogP contribution in [0.3, 0.4) is 0 Å². The molecule has 0 aliphatic rings. The van der Waals surface area contributed by atoms with Crippen LogP contribution < -0.4 is 19.5 Å². The lowest BCUT2D eigenvalue weighted by molar-refractivity contribution is -0.122. The Morgan fingerprint density at radius 1 is 1.04 bits per heavy atom. The number of aryl methyl sites for hydroxylation is 1. The minimum atomic E-state index is -0.793. The first-order valence-electron chi connectivity index (χ1n) is 8.61. The molecule has 2 aromatic carbocycles. The van der Waals surface area contributed by atoms with Crippen molar-refractivity contribution >= 4 is 11.7 Å². The number of hydrogen-bond donors (Lipinski definition) is 1. The molecule has 0 saturated heterocycles. The van der Waals surface area contributed by atoms with E-state index in [1.807, 2.05) is 31.2 Å². The number of aromatic nitrogens is 2. The number of rotatable bonds is 7. The predicted octanol–water partition coefficient (Wildman–Crippen LogP) is 3.47. The van der Waals surface area contributed by atoms with Crippen LogP contribution in [0, 0.1) is 6.92 Å². The van der Waals surface area contributed by atoms with E-state index in [0.29, 0.717) is 17.2 Å². The Morgan fingerprint density at radius 3 is 2.43 bits per heavy atom. The van der Waals surface area contributed by atoms with Gasteiger partial charge in [0.05, 0.1) is 14.2 Å². The number of carbonyl (C=O) groups is 1. The second-order valence-electron chi connectivity index (χ2n) is 6.05. The number of nitrogens with one attached hydrogen (secondary N) is 1. The molecule has 3 aromatic rings. The Bertz CT molecular complexity index is 970. The van der Waals surface area contributed by atoms with Gasteiger partial charge in [-0.2, -0.15) is 0 Å². The molecule has 0 saturated carbocycles. The Balaban J connectivity index is 1.75. The van der Waals surface area contributed by atoms with Crippen LogP contribution in [-0.2, 0) is 4.79 Å². The summed E-state index contributed by atoms with van der Waals surface area (Å²) in [6.07, 6.45) is -0.793. The van der Waals surface area contributed by atoms with Crippen molar-refractivity contribution in [2.24, 2.45) is 0 Å². The summed E-state index contributed by atoms with van der Waals surface area (Å²) < 4.78 is 21.0. The number of ether oxygens (including phenoxy) is 3. The molecule has 0 radical (unpaired) electrons. The van der Waals surface area contributed by atoms with E-state index in [-0.39, 0.29) is 5.82 Å². The van der Waals surface area contributed by atoms with E-state index in [1.54, 1.807) is 32.2 Å². The molecule has 0 unspecified atom stereocenters. The van der Waals surface area contributed by atoms with Crippen LogP contribution in [0.5, 0.6) is 17.2 Å². The molecule has 8 heteroatoms. The third kappa shape index (κ3) is 4.06. The van der Waals surface area contributed by atoms with Gasteiger partial charge in [-0.1, -0.05) is 12.1 Å². The second kappa shape index (κ2) is 8.43. The summed E-state index contributed by atoms with van der Waals surface area (Å²) in [5.41, 5.74) is 2.09. The van der Waals surface area contributed by atoms with Gasteiger partial charge in [0.2, 0.25) is 5.82 Å². The minimum Gasteiger partial charge on any atom is -0.496 e. The van der Waals surface area contributed by atoms with Gasteiger partial charge < -0.3 is 19.5 Å². The Labute approximate surface area is 162 Å². The first-order chi connectivity index (χ1) is 13.5. The molecule has 28 heavy (non-hydrogen) atoms. The fourth-order valence-corrected chi connectivity index (χ4v) is 2.66. The molecule has 0 fully saturated rings. The summed E-state index contributed by atoms with van der Waals surface area (Å²) in [6.45, 7) is 3.55. The molecule has 1 N–H and O–H groups in total. The first-order valence-corrected chi connectivity index (χ1v) is 8.61. The zero-order chi connectivity index (χ0) is 20.1. The average Bonchev–Trinajstić information content (AvgIpc) is 3.16. The molecule has 1 atom stereocenters. The van der Waals surface area contributed by atoms with Crippen molar-refractivity contribution in [3.8, 4) is 28.5 Å². The van der Waals surface area contributed by atoms with Gasteiger partial charge in [-0.15, -0.1) is 0 Å². The standard InChI is InChI=1S/C20H21N3O5/c1-12-11-14(9-10-15(12)25-3)18-19(23-28-22-18)21-20(24)13(2)27-17-8-6-5-7-16(17)26-4/h5-11,13H,1-4H3,(H,21,23,24)/t13-/m0/s1. The van der Waals surface area contributed by atoms with Crippen LogP contribution in [0.25, 0.3) is 11.3 Å². The van der Waals surface area contributed by atoms with Gasteiger partial charge in [-0.25, -0.2) is 4.63 Å². The number of hydrogen-bond acceptors (Lipinski definition) is 7. The van der Waals surface area contributed by atoms with E-state index in [1.165, 1.54) is 7.11 Å². The van der Waals surface area contributed by atoms with E-state index in [0.717, 1.165) is 16.9 Å². The van der Waals surface area contributed by atoms with Gasteiger partial charge in [-0.05, 0) is 60.1 Å². The highest BCUT2D eigenvalue weighted by Gasteiger charge is 2.21. The lowest BCUT2D eigenvalue weighted by atomic mass is 10.1. The quantitative estimate of drug-likeness (QED) is 0.667. The highest BCUT2D eigenvalue weighted by atomic mass is 16.6. The SMILES string of the molecule is COc1ccc(-c2nonc2NC(=O)[C@H](C)Oc2ccccc2OC)cc1C. The first kappa shape index (κ1) is 19.2. The van der Waals surface area contributed by atoms with Crippen molar-refractivity contribution in [3.63, 3.8) is 0 Å². The summed E-state index contributed by atoms with van der Waals surface area (Å²) in [5.74, 6) is 1.58. The van der Waals surface area contributed by atoms with Crippen LogP contribution in [0.2, 0.25) is 0 Å². The average molecular weight is 383 g/mol. The normalized spacial score (nSPS) is 11.6. The lowest BCUT2D eigenvalue weighted by Crippen LogP contribution is -2.30. The van der Waals surface area contributed by atoms with E-state index >= 15 is 0 Å². The van der Waals surface area contributed by atoms with Gasteiger partial charge in [0.15, 0.2) is 23.3 Å². The largest absolute Gasteiger partial charge is 0.496 e. The van der Waals surface area contributed by atoms with Gasteiger partial charge in [0.1, 0.15) is 5.75 Å². The third-order valence-electron chi connectivity index (χ3n) is 4.14. The maximum atomic E-state index is 12.6. The third-order valence-corrected chi connectivity index (χ3v) is 4.14. The highest BCUT2D eigenvalue weighted by molar-refractivity contribution is 5.96. The van der Waals surface area contributed by atoms with E-state index < -0.39 is 12.0 Å². The number of benzene rings is 2. The van der Waals surface area contributed by atoms with Crippen molar-refractivity contribution in [1.29, 1.82) is 0 Å². The van der Waals surface area contributed by atoms with Crippen LogP contribution in [0.1, 0.15) is 12.5 Å². The molecule has 0 bridgehead atoms. The fourth-order valence-electron chi connectivity index (χ4n) is 2.66. The summed E-state index contributed by atoms with van der Waals surface area (Å²) >= 11 is 0. The van der Waals surface area contributed by atoms with E-state index in [2.05, 4.69) is 15.6 Å². The van der Waals surface area contributed by atoms with Gasteiger partial charge in [0, 0.05) is 5.56 Å². The summed E-state index contributed by atoms with van der Waals surface area (Å²) in [6, 6.07) is 12.6. The molecule has 3 rings (SSSR count). The number of carbonyl (C=O) groups excluding carboxylic acids is 1. The van der Waals surface area contributed by atoms with Crippen molar-refractivity contribution in [2.45, 2.75) is 20.0 Å². The second-order valence-corrected chi connectivity index (χ2v) is 6.05. The Morgan fingerprint density at radius 2 is 1.75 bits per heavy atom. The highest BCUT2D eigenvalue weighted by Crippen LogP contribution is 2.30. The smallest absolute Gasteiger partial charge is 0.266 e. The summed E-state index contributed by atoms with van der Waals surface area (Å²) in [4.78, 5) is 12.6. The number of amides is 1. The summed E-state index contributed by atoms with van der Waals surface area (Å²) in [7, 11) is 3.14. The fraction of sp³-hybridized carbons (Fsp3) is 0.250. The van der Waals surface area contributed by atoms with E-state index in [4.69, 9.17) is 18.8 Å². The molecule has 146 valence electrons. The Hall–Kier alpha value is -3.55. The maximum absolute atomic E-state index is 12.6. The van der Waals surface area contributed by atoms with Crippen LogP contribution in [0.4, 0.5) is 5.82 Å². The van der Waals surface area contributed by atoms with Gasteiger partial charge in [-0.3, -0.25) is 4.79 Å². The van der Waals surface area contributed by atoms with E-state index in [9.17, 15) is 4.79 Å². The Kier molecular flexibility index (Phi) is 5.78. The monoisotopic (exact) mass is 383 g/mol. The lowest BCUT2D eigenvalue weighted by Gasteiger charge is -2.16. The van der Waals surface area contributed by atoms with Crippen molar-refractivity contribution in [1.82, 2.24) is 10.3 Å². The molecule has 1 aromatic heterocycles. The maximum Gasteiger partial charge on any atom is 0.266 e. The topological polar surface area (TPSA) is 95.7 Å². The number of methoxy groups -OCH3 is 2. The van der Waals surface area contributed by atoms with Crippen LogP contribution >= 0.6 is 0 Å². The van der Waals surface area contributed by atoms with Crippen molar-refractivity contribution in [2.75, 3.05) is 19.5 Å². The van der Waals surface area contributed by atoms with Crippen LogP contribution in [-0.4, -0.2) is 36.5 Å². The molecular formula is C20H21N3O5. The molecule has 1 amide bonds. The van der Waals surface area contributed by atoms with Crippen LogP contribution in [0.15, 0.2) is 47.1 Å². The molecule has 0 aliphatic carbocycles. The van der Waals surface area contributed by atoms with Gasteiger partial charge in [0.25, 0.3) is 5.91 Å². The summed E-state index contributed by atoms with van der Waals surface area (Å²) in [5, 5.41) is 10.4. The van der Waals surface area contributed by atoms with Crippen molar-refractivity contribution < 1.29 is 23.6 Å². The zero-order valence-corrected chi connectivity index (χ0v) is 16.1. The minimum absolute atomic E-state index is 0.213. The predicted molar refractivity (Wildman–Crippen MR) is 103 cm³/mol. The molecule has 0 aliphatic heterocycles. The molecule has 8 nitrogen and oxygen atoms in total.